The van der Waals surface area contributed by atoms with E-state index in [1.165, 1.54) is 6.26 Å². The van der Waals surface area contributed by atoms with E-state index in [0.717, 1.165) is 13.0 Å². The van der Waals surface area contributed by atoms with Crippen molar-refractivity contribution < 1.29 is 13.2 Å². The van der Waals surface area contributed by atoms with Gasteiger partial charge in [0.25, 0.3) is 0 Å². The first-order valence-corrected chi connectivity index (χ1v) is 7.57. The van der Waals surface area contributed by atoms with Gasteiger partial charge in [0.2, 0.25) is 0 Å². The molecule has 0 aliphatic carbocycles. The van der Waals surface area contributed by atoms with E-state index in [1.807, 2.05) is 0 Å². The van der Waals surface area contributed by atoms with E-state index in [2.05, 4.69) is 12.2 Å². The van der Waals surface area contributed by atoms with Crippen molar-refractivity contribution in [3.05, 3.63) is 24.3 Å². The first-order chi connectivity index (χ1) is 8.05. The van der Waals surface area contributed by atoms with Gasteiger partial charge >= 0.3 is 0 Å². The van der Waals surface area contributed by atoms with Crippen LogP contribution in [0.3, 0.4) is 0 Å². The molecule has 0 aliphatic heterocycles. The Hall–Kier alpha value is -1.07. The highest BCUT2D eigenvalue weighted by Crippen LogP contribution is 2.22. The smallest absolute Gasteiger partial charge is 0.179 e. The molecule has 0 aliphatic rings. The number of benzene rings is 1. The zero-order valence-electron chi connectivity index (χ0n) is 10.3. The zero-order valence-corrected chi connectivity index (χ0v) is 11.1. The summed E-state index contributed by atoms with van der Waals surface area (Å²) in [6.45, 7) is 4.21. The maximum atomic E-state index is 11.5. The number of para-hydroxylation sites is 1. The molecule has 0 radical (unpaired) electrons. The minimum Gasteiger partial charge on any atom is -0.491 e. The fraction of sp³-hybridized carbons (Fsp3) is 0.500. The Balaban J connectivity index is 2.59. The van der Waals surface area contributed by atoms with E-state index >= 15 is 0 Å². The predicted octanol–water partition coefficient (Wildman–Crippen LogP) is 1.47. The van der Waals surface area contributed by atoms with Crippen LogP contribution in [0.15, 0.2) is 29.2 Å². The summed E-state index contributed by atoms with van der Waals surface area (Å²) < 4.78 is 28.5. The lowest BCUT2D eigenvalue weighted by molar-refractivity contribution is 0.306. The summed E-state index contributed by atoms with van der Waals surface area (Å²) in [5.74, 6) is 0.424. The van der Waals surface area contributed by atoms with Gasteiger partial charge in [0.1, 0.15) is 17.3 Å². The molecular formula is C12H19NO3S. The summed E-state index contributed by atoms with van der Waals surface area (Å²) in [5, 5.41) is 3.19. The van der Waals surface area contributed by atoms with Gasteiger partial charge in [0.15, 0.2) is 9.84 Å². The van der Waals surface area contributed by atoms with Crippen molar-refractivity contribution in [3.63, 3.8) is 0 Å². The number of rotatable bonds is 7. The minimum atomic E-state index is -3.23. The minimum absolute atomic E-state index is 0.246. The Morgan fingerprint density at radius 1 is 1.24 bits per heavy atom. The molecule has 0 saturated carbocycles. The van der Waals surface area contributed by atoms with Crippen LogP contribution in [-0.2, 0) is 9.84 Å². The van der Waals surface area contributed by atoms with Crippen molar-refractivity contribution in [2.45, 2.75) is 18.2 Å². The maximum Gasteiger partial charge on any atom is 0.179 e. The van der Waals surface area contributed by atoms with Crippen LogP contribution in [0.5, 0.6) is 5.75 Å². The molecule has 1 rings (SSSR count). The standard InChI is InChI=1S/C12H19NO3S/c1-3-8-13-9-10-16-11-6-4-5-7-12(11)17(2,14)15/h4-7,13H,3,8-10H2,1-2H3. The van der Waals surface area contributed by atoms with Gasteiger partial charge in [-0.05, 0) is 25.1 Å². The topological polar surface area (TPSA) is 55.4 Å². The molecule has 4 nitrogen and oxygen atoms in total. The Morgan fingerprint density at radius 2 is 1.94 bits per heavy atom. The van der Waals surface area contributed by atoms with E-state index in [-0.39, 0.29) is 4.90 Å². The lowest BCUT2D eigenvalue weighted by atomic mass is 10.3. The lowest BCUT2D eigenvalue weighted by Gasteiger charge is -2.10. The van der Waals surface area contributed by atoms with Crippen LogP contribution >= 0.6 is 0 Å². The van der Waals surface area contributed by atoms with E-state index in [0.29, 0.717) is 18.9 Å². The molecule has 96 valence electrons. The highest BCUT2D eigenvalue weighted by atomic mass is 32.2. The maximum absolute atomic E-state index is 11.5. The van der Waals surface area contributed by atoms with Crippen molar-refractivity contribution in [1.29, 1.82) is 0 Å². The van der Waals surface area contributed by atoms with E-state index in [9.17, 15) is 8.42 Å². The largest absolute Gasteiger partial charge is 0.491 e. The second-order valence-corrected chi connectivity index (χ2v) is 5.80. The highest BCUT2D eigenvalue weighted by Gasteiger charge is 2.13. The van der Waals surface area contributed by atoms with Gasteiger partial charge in [-0.2, -0.15) is 0 Å². The average Bonchev–Trinajstić information content (AvgIpc) is 2.28. The Labute approximate surface area is 103 Å². The molecule has 0 heterocycles. The third kappa shape index (κ3) is 4.75. The third-order valence-electron chi connectivity index (χ3n) is 2.21. The highest BCUT2D eigenvalue weighted by molar-refractivity contribution is 7.90. The number of hydrogen-bond acceptors (Lipinski definition) is 4. The molecule has 0 spiro atoms. The van der Waals surface area contributed by atoms with Crippen molar-refractivity contribution >= 4 is 9.84 Å². The second kappa shape index (κ2) is 6.61. The van der Waals surface area contributed by atoms with Gasteiger partial charge in [-0.1, -0.05) is 19.1 Å². The number of hydrogen-bond donors (Lipinski definition) is 1. The molecule has 0 saturated heterocycles. The van der Waals surface area contributed by atoms with E-state index in [1.54, 1.807) is 24.3 Å². The van der Waals surface area contributed by atoms with Crippen molar-refractivity contribution in [1.82, 2.24) is 5.32 Å². The monoisotopic (exact) mass is 257 g/mol. The molecular weight excluding hydrogens is 238 g/mol. The van der Waals surface area contributed by atoms with Gasteiger partial charge < -0.3 is 10.1 Å². The fourth-order valence-corrected chi connectivity index (χ4v) is 2.23. The summed E-state index contributed by atoms with van der Waals surface area (Å²) in [6, 6.07) is 6.70. The van der Waals surface area contributed by atoms with Gasteiger partial charge in [-0.3, -0.25) is 0 Å². The molecule has 5 heteroatoms. The molecule has 0 atom stereocenters. The third-order valence-corrected chi connectivity index (χ3v) is 3.35. The Bertz CT molecular complexity index is 443. The van der Waals surface area contributed by atoms with Crippen molar-refractivity contribution in [2.24, 2.45) is 0 Å². The summed E-state index contributed by atoms with van der Waals surface area (Å²) in [6.07, 6.45) is 2.25. The van der Waals surface area contributed by atoms with E-state index in [4.69, 9.17) is 4.74 Å². The predicted molar refractivity (Wildman–Crippen MR) is 68.2 cm³/mol. The molecule has 17 heavy (non-hydrogen) atoms. The van der Waals surface area contributed by atoms with Crippen LogP contribution in [0.1, 0.15) is 13.3 Å². The number of nitrogens with one attached hydrogen (secondary N) is 1. The Morgan fingerprint density at radius 3 is 2.59 bits per heavy atom. The van der Waals surface area contributed by atoms with Crippen LogP contribution in [0, 0.1) is 0 Å². The lowest BCUT2D eigenvalue weighted by Crippen LogP contribution is -2.22. The van der Waals surface area contributed by atoms with Crippen molar-refractivity contribution in [3.8, 4) is 5.75 Å². The summed E-state index contributed by atoms with van der Waals surface area (Å²) in [4.78, 5) is 0.246. The average molecular weight is 257 g/mol. The van der Waals surface area contributed by atoms with Crippen LogP contribution in [0.4, 0.5) is 0 Å². The van der Waals surface area contributed by atoms with Crippen LogP contribution in [0.25, 0.3) is 0 Å². The Kier molecular flexibility index (Phi) is 5.44. The summed E-state index contributed by atoms with van der Waals surface area (Å²) in [7, 11) is -3.23. The van der Waals surface area contributed by atoms with E-state index < -0.39 is 9.84 Å². The quantitative estimate of drug-likeness (QED) is 0.752. The fourth-order valence-electron chi connectivity index (χ4n) is 1.41. The summed E-state index contributed by atoms with van der Waals surface area (Å²) >= 11 is 0. The first kappa shape index (κ1) is 14.0. The van der Waals surface area contributed by atoms with Crippen LogP contribution in [-0.4, -0.2) is 34.4 Å². The molecule has 0 unspecified atom stereocenters. The van der Waals surface area contributed by atoms with Gasteiger partial charge in [0, 0.05) is 12.8 Å². The van der Waals surface area contributed by atoms with Gasteiger partial charge in [-0.25, -0.2) is 8.42 Å². The molecule has 0 aromatic heterocycles. The van der Waals surface area contributed by atoms with Crippen LogP contribution < -0.4 is 10.1 Å². The SMILES string of the molecule is CCCNCCOc1ccccc1S(C)(=O)=O. The molecule has 0 bridgehead atoms. The van der Waals surface area contributed by atoms with Gasteiger partial charge in [0.05, 0.1) is 0 Å². The van der Waals surface area contributed by atoms with Crippen LogP contribution in [0.2, 0.25) is 0 Å². The van der Waals surface area contributed by atoms with Gasteiger partial charge in [-0.15, -0.1) is 0 Å². The van der Waals surface area contributed by atoms with Crippen molar-refractivity contribution in [2.75, 3.05) is 26.0 Å². The second-order valence-electron chi connectivity index (χ2n) is 3.82. The molecule has 0 fully saturated rings. The molecule has 1 aromatic carbocycles. The number of sulfone groups is 1. The number of ether oxygens (including phenoxy) is 1. The molecule has 1 N–H and O–H groups in total. The molecule has 1 aromatic rings. The summed E-state index contributed by atoms with van der Waals surface area (Å²) in [5.41, 5.74) is 0. The molecule has 0 amide bonds. The normalized spacial score (nSPS) is 11.4. The first-order valence-electron chi connectivity index (χ1n) is 5.68. The zero-order chi connectivity index (χ0) is 12.7.